The third kappa shape index (κ3) is 2.21. The number of aromatic amines is 1. The van der Waals surface area contributed by atoms with Crippen LogP contribution in [0.5, 0.6) is 0 Å². The minimum atomic E-state index is -0.207. The maximum absolute atomic E-state index is 11.5. The lowest BCUT2D eigenvalue weighted by Gasteiger charge is -2.26. The van der Waals surface area contributed by atoms with Crippen LogP contribution in [0.4, 0.5) is 0 Å². The lowest BCUT2D eigenvalue weighted by Crippen LogP contribution is -2.28. The van der Waals surface area contributed by atoms with E-state index >= 15 is 0 Å². The first-order chi connectivity index (χ1) is 10.2. The molecule has 8 heteroatoms. The number of carbonyl (C=O) groups excluding carboxylic acids is 1. The summed E-state index contributed by atoms with van der Waals surface area (Å²) in [7, 11) is 0. The minimum Gasteiger partial charge on any atom is -0.369 e. The van der Waals surface area contributed by atoms with Gasteiger partial charge in [-0.15, -0.1) is 22.6 Å². The van der Waals surface area contributed by atoms with Crippen molar-refractivity contribution >= 4 is 35.1 Å². The van der Waals surface area contributed by atoms with Crippen LogP contribution in [0.15, 0.2) is 18.5 Å². The summed E-state index contributed by atoms with van der Waals surface area (Å²) < 4.78 is 2.03. The SMILES string of the molecule is Cl.NC(=O)[C@H]1CCC[C@@H](c2nnc3cnc4[nH]ccc4n23)C1. The second-order valence-corrected chi connectivity index (χ2v) is 5.68. The van der Waals surface area contributed by atoms with Gasteiger partial charge >= 0.3 is 0 Å². The molecule has 0 bridgehead atoms. The summed E-state index contributed by atoms with van der Waals surface area (Å²) in [6.07, 6.45) is 7.21. The number of hydrogen-bond donors (Lipinski definition) is 2. The van der Waals surface area contributed by atoms with Crippen molar-refractivity contribution < 1.29 is 4.79 Å². The molecule has 7 nitrogen and oxygen atoms in total. The van der Waals surface area contributed by atoms with E-state index in [0.717, 1.165) is 48.3 Å². The lowest BCUT2D eigenvalue weighted by atomic mass is 9.80. The van der Waals surface area contributed by atoms with Gasteiger partial charge < -0.3 is 10.7 Å². The van der Waals surface area contributed by atoms with Crippen LogP contribution >= 0.6 is 12.4 Å². The Hall–Kier alpha value is -2.15. The molecule has 0 saturated heterocycles. The van der Waals surface area contributed by atoms with E-state index in [9.17, 15) is 4.79 Å². The fourth-order valence-electron chi connectivity index (χ4n) is 3.35. The smallest absolute Gasteiger partial charge is 0.220 e. The average Bonchev–Trinajstić information content (AvgIpc) is 3.13. The van der Waals surface area contributed by atoms with Crippen LogP contribution in [0.2, 0.25) is 0 Å². The maximum Gasteiger partial charge on any atom is 0.220 e. The summed E-state index contributed by atoms with van der Waals surface area (Å²) in [6.45, 7) is 0. The number of rotatable bonds is 2. The molecule has 22 heavy (non-hydrogen) atoms. The van der Waals surface area contributed by atoms with E-state index in [-0.39, 0.29) is 30.2 Å². The van der Waals surface area contributed by atoms with Gasteiger partial charge in [0.05, 0.1) is 11.7 Å². The number of fused-ring (bicyclic) bond motifs is 3. The van der Waals surface area contributed by atoms with Crippen LogP contribution in [-0.4, -0.2) is 30.5 Å². The molecule has 0 radical (unpaired) electrons. The second kappa shape index (κ2) is 5.57. The summed E-state index contributed by atoms with van der Waals surface area (Å²) in [4.78, 5) is 18.9. The summed E-state index contributed by atoms with van der Waals surface area (Å²) >= 11 is 0. The number of carbonyl (C=O) groups is 1. The van der Waals surface area contributed by atoms with E-state index in [1.54, 1.807) is 6.20 Å². The topological polar surface area (TPSA) is 102 Å². The molecule has 3 aromatic rings. The standard InChI is InChI=1S/C14H16N6O.ClH/c15-12(21)8-2-1-3-9(6-8)14-19-18-11-7-17-13-10(20(11)14)4-5-16-13;/h4-5,7-9,16H,1-3,6H2,(H2,15,21);1H/t8-,9+;/m0./s1. The van der Waals surface area contributed by atoms with Gasteiger partial charge in [-0.1, -0.05) is 6.42 Å². The zero-order valence-electron chi connectivity index (χ0n) is 11.9. The molecule has 0 aromatic carbocycles. The van der Waals surface area contributed by atoms with Crippen LogP contribution in [0.3, 0.4) is 0 Å². The fourth-order valence-corrected chi connectivity index (χ4v) is 3.35. The van der Waals surface area contributed by atoms with Gasteiger partial charge in [0.25, 0.3) is 0 Å². The number of primary amides is 1. The fraction of sp³-hybridized carbons (Fsp3) is 0.429. The predicted octanol–water partition coefficient (Wildman–Crippen LogP) is 1.79. The predicted molar refractivity (Wildman–Crippen MR) is 83.8 cm³/mol. The van der Waals surface area contributed by atoms with Crippen LogP contribution < -0.4 is 5.73 Å². The van der Waals surface area contributed by atoms with Gasteiger partial charge in [-0.2, -0.15) is 0 Å². The highest BCUT2D eigenvalue weighted by atomic mass is 35.5. The number of amides is 1. The van der Waals surface area contributed by atoms with E-state index in [1.165, 1.54) is 0 Å². The molecule has 1 aliphatic rings. The highest BCUT2D eigenvalue weighted by Crippen LogP contribution is 2.35. The van der Waals surface area contributed by atoms with E-state index in [0.29, 0.717) is 0 Å². The van der Waals surface area contributed by atoms with Crippen LogP contribution in [0.1, 0.15) is 37.4 Å². The number of aromatic nitrogens is 5. The zero-order chi connectivity index (χ0) is 14.4. The van der Waals surface area contributed by atoms with Crippen molar-refractivity contribution in [3.8, 4) is 0 Å². The number of H-pyrrole nitrogens is 1. The molecule has 1 saturated carbocycles. The average molecular weight is 321 g/mol. The van der Waals surface area contributed by atoms with Gasteiger partial charge in [-0.25, -0.2) is 4.98 Å². The number of halogens is 1. The number of nitrogens with one attached hydrogen (secondary N) is 1. The first-order valence-electron chi connectivity index (χ1n) is 7.20. The van der Waals surface area contributed by atoms with Crippen molar-refractivity contribution in [1.82, 2.24) is 24.6 Å². The third-order valence-electron chi connectivity index (χ3n) is 4.41. The van der Waals surface area contributed by atoms with Crippen LogP contribution in [-0.2, 0) is 4.79 Å². The molecular weight excluding hydrogens is 304 g/mol. The lowest BCUT2D eigenvalue weighted by molar-refractivity contribution is -0.122. The number of nitrogens with two attached hydrogens (primary N) is 1. The maximum atomic E-state index is 11.5. The Morgan fingerprint density at radius 3 is 3.05 bits per heavy atom. The Balaban J connectivity index is 0.00000144. The van der Waals surface area contributed by atoms with Crippen molar-refractivity contribution in [2.75, 3.05) is 0 Å². The molecular formula is C14H17ClN6O. The largest absolute Gasteiger partial charge is 0.369 e. The minimum absolute atomic E-state index is 0. The molecule has 0 aliphatic heterocycles. The van der Waals surface area contributed by atoms with E-state index in [1.807, 2.05) is 16.7 Å². The van der Waals surface area contributed by atoms with E-state index in [4.69, 9.17) is 5.73 Å². The Bertz CT molecular complexity index is 825. The molecule has 4 rings (SSSR count). The molecule has 0 unspecified atom stereocenters. The highest BCUT2D eigenvalue weighted by Gasteiger charge is 2.30. The molecule has 116 valence electrons. The van der Waals surface area contributed by atoms with Crippen molar-refractivity contribution in [3.63, 3.8) is 0 Å². The van der Waals surface area contributed by atoms with Crippen LogP contribution in [0.25, 0.3) is 16.8 Å². The van der Waals surface area contributed by atoms with Crippen molar-refractivity contribution in [2.24, 2.45) is 11.7 Å². The first-order valence-corrected chi connectivity index (χ1v) is 7.20. The molecule has 0 spiro atoms. The first kappa shape index (κ1) is 14.8. The Morgan fingerprint density at radius 2 is 2.23 bits per heavy atom. The zero-order valence-corrected chi connectivity index (χ0v) is 12.7. The Labute approximate surface area is 132 Å². The molecule has 1 aliphatic carbocycles. The number of hydrogen-bond acceptors (Lipinski definition) is 4. The van der Waals surface area contributed by atoms with Gasteiger partial charge in [-0.3, -0.25) is 9.20 Å². The quantitative estimate of drug-likeness (QED) is 0.751. The van der Waals surface area contributed by atoms with Gasteiger partial charge in [-0.05, 0) is 25.3 Å². The normalized spacial score (nSPS) is 21.8. The van der Waals surface area contributed by atoms with Gasteiger partial charge in [0, 0.05) is 18.0 Å². The molecule has 3 heterocycles. The molecule has 3 N–H and O–H groups in total. The van der Waals surface area contributed by atoms with Crippen molar-refractivity contribution in [2.45, 2.75) is 31.6 Å². The van der Waals surface area contributed by atoms with Crippen molar-refractivity contribution in [3.05, 3.63) is 24.3 Å². The van der Waals surface area contributed by atoms with E-state index < -0.39 is 0 Å². The third-order valence-corrected chi connectivity index (χ3v) is 4.41. The molecule has 2 atom stereocenters. The summed E-state index contributed by atoms with van der Waals surface area (Å²) in [5.41, 5.74) is 7.98. The summed E-state index contributed by atoms with van der Waals surface area (Å²) in [5, 5.41) is 8.56. The Kier molecular flexibility index (Phi) is 3.74. The monoisotopic (exact) mass is 320 g/mol. The van der Waals surface area contributed by atoms with Gasteiger partial charge in [0.1, 0.15) is 5.82 Å². The molecule has 1 fully saturated rings. The Morgan fingerprint density at radius 1 is 1.36 bits per heavy atom. The summed E-state index contributed by atoms with van der Waals surface area (Å²) in [5.74, 6) is 0.858. The highest BCUT2D eigenvalue weighted by molar-refractivity contribution is 5.85. The molecule has 1 amide bonds. The van der Waals surface area contributed by atoms with Gasteiger partial charge in [0.15, 0.2) is 11.3 Å². The van der Waals surface area contributed by atoms with Crippen LogP contribution in [0, 0.1) is 5.92 Å². The summed E-state index contributed by atoms with van der Waals surface area (Å²) in [6, 6.07) is 1.97. The van der Waals surface area contributed by atoms with E-state index in [2.05, 4.69) is 20.2 Å². The second-order valence-electron chi connectivity index (χ2n) is 5.68. The number of nitrogens with zero attached hydrogens (tertiary/aromatic N) is 4. The molecule has 3 aromatic heterocycles. The van der Waals surface area contributed by atoms with Crippen molar-refractivity contribution in [1.29, 1.82) is 0 Å². The van der Waals surface area contributed by atoms with Gasteiger partial charge in [0.2, 0.25) is 5.91 Å².